The van der Waals surface area contributed by atoms with Gasteiger partial charge in [0.05, 0.1) is 6.04 Å². The van der Waals surface area contributed by atoms with E-state index in [9.17, 15) is 9.59 Å². The van der Waals surface area contributed by atoms with Crippen LogP contribution < -0.4 is 5.32 Å². The van der Waals surface area contributed by atoms with Gasteiger partial charge in [-0.1, -0.05) is 13.8 Å². The molecule has 0 heterocycles. The van der Waals surface area contributed by atoms with Crippen molar-refractivity contribution in [2.45, 2.75) is 33.2 Å². The second kappa shape index (κ2) is 4.88. The molecule has 3 nitrogen and oxygen atoms in total. The summed E-state index contributed by atoms with van der Waals surface area (Å²) in [5.74, 6) is 0.446. The molecule has 0 aliphatic rings. The van der Waals surface area contributed by atoms with Crippen molar-refractivity contribution in [1.29, 1.82) is 0 Å². The molecule has 0 aromatic rings. The molecule has 0 rings (SSSR count). The van der Waals surface area contributed by atoms with Gasteiger partial charge in [-0.15, -0.1) is 0 Å². The third-order valence-electron chi connectivity index (χ3n) is 1.47. The minimum atomic E-state index is -0.299. The van der Waals surface area contributed by atoms with Crippen molar-refractivity contribution in [1.82, 2.24) is 5.32 Å². The number of nitrogens with one attached hydrogen (secondary N) is 1. The van der Waals surface area contributed by atoms with Crippen molar-refractivity contribution in [3.05, 3.63) is 0 Å². The Morgan fingerprint density at radius 2 is 2.09 bits per heavy atom. The summed E-state index contributed by atoms with van der Waals surface area (Å²) in [4.78, 5) is 20.9. The molecule has 1 unspecified atom stereocenters. The third kappa shape index (κ3) is 4.53. The molecule has 0 saturated carbocycles. The summed E-state index contributed by atoms with van der Waals surface area (Å²) in [7, 11) is 0. The number of Topliss-reactive ketones (excluding diaryl/α,β-unsaturated/α-hetero) is 1. The maximum atomic E-state index is 10.8. The normalized spacial score (nSPS) is 12.7. The highest BCUT2D eigenvalue weighted by molar-refractivity contribution is 5.83. The first-order valence-corrected chi connectivity index (χ1v) is 3.78. The van der Waals surface area contributed by atoms with Crippen LogP contribution in [0.3, 0.4) is 0 Å². The van der Waals surface area contributed by atoms with Crippen LogP contribution >= 0.6 is 0 Å². The second-order valence-corrected chi connectivity index (χ2v) is 3.08. The van der Waals surface area contributed by atoms with E-state index in [4.69, 9.17) is 0 Å². The molecular weight excluding hydrogens is 142 g/mol. The van der Waals surface area contributed by atoms with Crippen molar-refractivity contribution < 1.29 is 9.59 Å². The van der Waals surface area contributed by atoms with E-state index < -0.39 is 0 Å². The lowest BCUT2D eigenvalue weighted by Crippen LogP contribution is -2.35. The molecule has 0 fully saturated rings. The number of carbonyl (C=O) groups is 2. The van der Waals surface area contributed by atoms with Gasteiger partial charge in [0.15, 0.2) is 5.78 Å². The molecule has 0 radical (unpaired) electrons. The summed E-state index contributed by atoms with van der Waals surface area (Å²) in [5, 5.41) is 2.48. The van der Waals surface area contributed by atoms with E-state index >= 15 is 0 Å². The molecule has 0 aromatic heterocycles. The van der Waals surface area contributed by atoms with Crippen LogP contribution in [-0.2, 0) is 9.59 Å². The fraction of sp³-hybridized carbons (Fsp3) is 0.750. The molecule has 1 N–H and O–H groups in total. The van der Waals surface area contributed by atoms with Crippen LogP contribution in [0.1, 0.15) is 27.2 Å². The zero-order chi connectivity index (χ0) is 8.85. The highest BCUT2D eigenvalue weighted by Gasteiger charge is 2.13. The minimum absolute atomic E-state index is 0.0193. The van der Waals surface area contributed by atoms with E-state index in [1.54, 1.807) is 0 Å². The minimum Gasteiger partial charge on any atom is -0.349 e. The van der Waals surface area contributed by atoms with Gasteiger partial charge in [-0.3, -0.25) is 9.59 Å². The second-order valence-electron chi connectivity index (χ2n) is 3.08. The van der Waals surface area contributed by atoms with Gasteiger partial charge in [0, 0.05) is 0 Å². The Morgan fingerprint density at radius 3 is 2.36 bits per heavy atom. The molecule has 0 spiro atoms. The van der Waals surface area contributed by atoms with Gasteiger partial charge in [0.2, 0.25) is 6.41 Å². The number of amides is 1. The lowest BCUT2D eigenvalue weighted by atomic mass is 10.0. The standard InChI is InChI=1S/C8H15NO2/c1-6(2)4-8(7(3)11)9-5-10/h5-6,8H,4H2,1-3H3,(H,9,10). The molecule has 64 valence electrons. The van der Waals surface area contributed by atoms with Crippen LogP contribution in [0.25, 0.3) is 0 Å². The van der Waals surface area contributed by atoms with E-state index in [2.05, 4.69) is 5.32 Å². The van der Waals surface area contributed by atoms with E-state index in [0.29, 0.717) is 18.7 Å². The van der Waals surface area contributed by atoms with Crippen LogP contribution in [0.5, 0.6) is 0 Å². The topological polar surface area (TPSA) is 46.2 Å². The quantitative estimate of drug-likeness (QED) is 0.598. The summed E-state index contributed by atoms with van der Waals surface area (Å²) in [6.07, 6.45) is 1.29. The molecular formula is C8H15NO2. The zero-order valence-electron chi connectivity index (χ0n) is 7.26. The Balaban J connectivity index is 3.88. The highest BCUT2D eigenvalue weighted by Crippen LogP contribution is 2.04. The van der Waals surface area contributed by atoms with Crippen LogP contribution in [0.4, 0.5) is 0 Å². The Kier molecular flexibility index (Phi) is 4.50. The van der Waals surface area contributed by atoms with Gasteiger partial charge in [-0.05, 0) is 19.3 Å². The van der Waals surface area contributed by atoms with Crippen molar-refractivity contribution in [2.75, 3.05) is 0 Å². The molecule has 1 amide bonds. The lowest BCUT2D eigenvalue weighted by molar-refractivity contribution is -0.122. The van der Waals surface area contributed by atoms with Crippen molar-refractivity contribution in [3.8, 4) is 0 Å². The van der Waals surface area contributed by atoms with Gasteiger partial charge in [-0.25, -0.2) is 0 Å². The SMILES string of the molecule is CC(=O)C(CC(C)C)NC=O. The lowest BCUT2D eigenvalue weighted by Gasteiger charge is -2.14. The molecule has 0 saturated heterocycles. The fourth-order valence-electron chi connectivity index (χ4n) is 0.905. The predicted molar refractivity (Wildman–Crippen MR) is 43.1 cm³/mol. The maximum absolute atomic E-state index is 10.8. The van der Waals surface area contributed by atoms with Gasteiger partial charge in [0.25, 0.3) is 0 Å². The molecule has 3 heteroatoms. The Hall–Kier alpha value is -0.860. The zero-order valence-corrected chi connectivity index (χ0v) is 7.26. The van der Waals surface area contributed by atoms with Crippen molar-refractivity contribution in [3.63, 3.8) is 0 Å². The molecule has 11 heavy (non-hydrogen) atoms. The summed E-state index contributed by atoms with van der Waals surface area (Å²) in [6.45, 7) is 5.52. The summed E-state index contributed by atoms with van der Waals surface area (Å²) in [5.41, 5.74) is 0. The highest BCUT2D eigenvalue weighted by atomic mass is 16.1. The summed E-state index contributed by atoms with van der Waals surface area (Å²) >= 11 is 0. The first kappa shape index (κ1) is 10.1. The fourth-order valence-corrected chi connectivity index (χ4v) is 0.905. The Bertz CT molecular complexity index is 143. The number of ketones is 1. The maximum Gasteiger partial charge on any atom is 0.207 e. The van der Waals surface area contributed by atoms with Crippen molar-refractivity contribution in [2.24, 2.45) is 5.92 Å². The van der Waals surface area contributed by atoms with Gasteiger partial charge < -0.3 is 5.32 Å². The monoisotopic (exact) mass is 157 g/mol. The largest absolute Gasteiger partial charge is 0.349 e. The predicted octanol–water partition coefficient (Wildman–Crippen LogP) is 0.736. The number of hydrogen-bond acceptors (Lipinski definition) is 2. The van der Waals surface area contributed by atoms with Crippen LogP contribution in [0, 0.1) is 5.92 Å². The van der Waals surface area contributed by atoms with Crippen LogP contribution in [-0.4, -0.2) is 18.2 Å². The molecule has 0 aromatic carbocycles. The van der Waals surface area contributed by atoms with Gasteiger partial charge >= 0.3 is 0 Å². The van der Waals surface area contributed by atoms with E-state index in [1.807, 2.05) is 13.8 Å². The number of carbonyl (C=O) groups excluding carboxylic acids is 2. The van der Waals surface area contributed by atoms with Crippen molar-refractivity contribution >= 4 is 12.2 Å². The van der Waals surface area contributed by atoms with Gasteiger partial charge in [0.1, 0.15) is 0 Å². The van der Waals surface area contributed by atoms with Gasteiger partial charge in [-0.2, -0.15) is 0 Å². The van der Waals surface area contributed by atoms with E-state index in [0.717, 1.165) is 0 Å². The van der Waals surface area contributed by atoms with E-state index in [1.165, 1.54) is 6.92 Å². The average Bonchev–Trinajstić information content (AvgIpc) is 1.86. The molecule has 1 atom stereocenters. The van der Waals surface area contributed by atoms with Crippen LogP contribution in [0.2, 0.25) is 0 Å². The molecule has 0 aliphatic heterocycles. The summed E-state index contributed by atoms with van der Waals surface area (Å²) < 4.78 is 0. The smallest absolute Gasteiger partial charge is 0.207 e. The molecule has 0 bridgehead atoms. The van der Waals surface area contributed by atoms with E-state index in [-0.39, 0.29) is 11.8 Å². The summed E-state index contributed by atoms with van der Waals surface area (Å²) in [6, 6.07) is -0.299. The first-order valence-electron chi connectivity index (χ1n) is 3.78. The van der Waals surface area contributed by atoms with Crippen LogP contribution in [0.15, 0.2) is 0 Å². The third-order valence-corrected chi connectivity index (χ3v) is 1.47. The Labute approximate surface area is 67.2 Å². The molecule has 0 aliphatic carbocycles. The number of hydrogen-bond donors (Lipinski definition) is 1. The average molecular weight is 157 g/mol. The Morgan fingerprint density at radius 1 is 1.55 bits per heavy atom. The first-order chi connectivity index (χ1) is 5.07. The number of rotatable bonds is 5.